The maximum atomic E-state index is 2.86. The second kappa shape index (κ2) is 6.68. The molecule has 4 aliphatic rings. The molecule has 0 N–H and O–H groups in total. The van der Waals surface area contributed by atoms with E-state index in [4.69, 9.17) is 0 Å². The molecule has 0 aromatic heterocycles. The van der Waals surface area contributed by atoms with Crippen LogP contribution < -0.4 is 0 Å². The summed E-state index contributed by atoms with van der Waals surface area (Å²) in [5, 5.41) is 0. The van der Waals surface area contributed by atoms with Gasteiger partial charge in [0.25, 0.3) is 0 Å². The summed E-state index contributed by atoms with van der Waals surface area (Å²) in [5.74, 6) is 8.36. The Bertz CT molecular complexity index is 446. The first-order chi connectivity index (χ1) is 11.9. The normalized spacial score (nSPS) is 53.5. The summed E-state index contributed by atoms with van der Waals surface area (Å²) >= 11 is 0. The van der Waals surface area contributed by atoms with Crippen LogP contribution in [-0.2, 0) is 0 Å². The minimum absolute atomic E-state index is 0.942. The van der Waals surface area contributed by atoms with Gasteiger partial charge in [-0.1, -0.05) is 79.3 Å². The number of hydrogen-bond donors (Lipinski definition) is 0. The molecule has 0 nitrogen and oxygen atoms in total. The van der Waals surface area contributed by atoms with E-state index in [2.05, 4.69) is 40.8 Å². The fourth-order valence-corrected chi connectivity index (χ4v) is 16.2. The fraction of sp³-hybridized carbons (Fsp3) is 1.00. The van der Waals surface area contributed by atoms with Crippen molar-refractivity contribution in [1.29, 1.82) is 0 Å². The molecule has 4 rings (SSSR count). The molecule has 4 saturated carbocycles. The Morgan fingerprint density at radius 3 is 1.24 bits per heavy atom. The van der Waals surface area contributed by atoms with Crippen molar-refractivity contribution in [3.05, 3.63) is 0 Å². The number of fused-ring (bicyclic) bond motifs is 3. The number of rotatable bonds is 2. The van der Waals surface area contributed by atoms with Gasteiger partial charge in [-0.15, -0.1) is 0 Å². The molecule has 0 bridgehead atoms. The molecule has 0 saturated heterocycles. The first kappa shape index (κ1) is 18.6. The Balaban J connectivity index is 1.68. The van der Waals surface area contributed by atoms with Crippen LogP contribution >= 0.6 is 0 Å². The molecule has 8 unspecified atom stereocenters. The molecular weight excluding hydrogens is 316 g/mol. The fourth-order valence-electron chi connectivity index (χ4n) is 9.42. The maximum absolute atomic E-state index is 2.86. The molecule has 4 aliphatic carbocycles. The van der Waals surface area contributed by atoms with Crippen LogP contribution in [0.4, 0.5) is 0 Å². The minimum atomic E-state index is -1.26. The molecular formula is C24H44Si. The predicted octanol–water partition coefficient (Wildman–Crippen LogP) is 7.62. The van der Waals surface area contributed by atoms with Crippen molar-refractivity contribution in [2.75, 3.05) is 0 Å². The smallest absolute Gasteiger partial charge is 0.0547 e. The summed E-state index contributed by atoms with van der Waals surface area (Å²) in [4.78, 5) is 0. The van der Waals surface area contributed by atoms with E-state index < -0.39 is 8.07 Å². The van der Waals surface area contributed by atoms with Gasteiger partial charge in [0.2, 0.25) is 0 Å². The van der Waals surface area contributed by atoms with Gasteiger partial charge in [0.05, 0.1) is 8.07 Å². The van der Waals surface area contributed by atoms with Crippen molar-refractivity contribution in [3.8, 4) is 0 Å². The largest absolute Gasteiger partial charge is 0.0689 e. The van der Waals surface area contributed by atoms with Crippen molar-refractivity contribution < 1.29 is 0 Å². The Hall–Kier alpha value is 0.217. The van der Waals surface area contributed by atoms with E-state index in [9.17, 15) is 0 Å². The summed E-state index contributed by atoms with van der Waals surface area (Å²) in [6.45, 7) is 16.1. The topological polar surface area (TPSA) is 0 Å². The van der Waals surface area contributed by atoms with Crippen LogP contribution in [0.1, 0.15) is 79.1 Å². The van der Waals surface area contributed by atoms with E-state index in [1.54, 1.807) is 51.4 Å². The van der Waals surface area contributed by atoms with Crippen LogP contribution in [0.15, 0.2) is 0 Å². The van der Waals surface area contributed by atoms with Crippen molar-refractivity contribution in [3.63, 3.8) is 0 Å². The zero-order valence-corrected chi connectivity index (χ0v) is 18.9. The first-order valence-corrected chi connectivity index (χ1v) is 15.0. The zero-order valence-electron chi connectivity index (χ0n) is 17.9. The van der Waals surface area contributed by atoms with Crippen LogP contribution in [0.2, 0.25) is 24.2 Å². The lowest BCUT2D eigenvalue weighted by molar-refractivity contribution is 0.184. The summed E-state index contributed by atoms with van der Waals surface area (Å²) in [7, 11) is -1.26. The van der Waals surface area contributed by atoms with Crippen LogP contribution in [0.5, 0.6) is 0 Å². The molecule has 25 heavy (non-hydrogen) atoms. The zero-order chi connectivity index (χ0) is 17.9. The van der Waals surface area contributed by atoms with Crippen LogP contribution in [0, 0.1) is 47.3 Å². The average Bonchev–Trinajstić information content (AvgIpc) is 3.04. The van der Waals surface area contributed by atoms with E-state index in [1.807, 2.05) is 0 Å². The maximum Gasteiger partial charge on any atom is 0.0547 e. The van der Waals surface area contributed by atoms with Gasteiger partial charge in [-0.25, -0.2) is 0 Å². The van der Waals surface area contributed by atoms with Gasteiger partial charge in [0.1, 0.15) is 0 Å². The Kier molecular flexibility index (Phi) is 4.96. The average molecular weight is 361 g/mol. The van der Waals surface area contributed by atoms with E-state index >= 15 is 0 Å². The second-order valence-electron chi connectivity index (χ2n) is 11.5. The number of hydrogen-bond acceptors (Lipinski definition) is 0. The molecule has 0 aromatic rings. The van der Waals surface area contributed by atoms with E-state index in [0.29, 0.717) is 0 Å². The lowest BCUT2D eigenvalue weighted by Gasteiger charge is -2.47. The molecule has 0 radical (unpaired) electrons. The third-order valence-electron chi connectivity index (χ3n) is 10.6. The Morgan fingerprint density at radius 1 is 0.480 bits per heavy atom. The Labute approximate surface area is 158 Å². The van der Waals surface area contributed by atoms with Gasteiger partial charge in [-0.2, -0.15) is 0 Å². The lowest BCUT2D eigenvalue weighted by atomic mass is 9.73. The molecule has 0 amide bonds. The summed E-state index contributed by atoms with van der Waals surface area (Å²) in [6.07, 6.45) is 12.6. The standard InChI is InChI=1S/C24H44Si/c1-15-16(2)18(4)23(17(15)3)25(5,6)24-21-13-9-7-11-19(21)20-12-8-10-14-22(20)24/h15-24H,7-14H2,1-6H3. The quantitative estimate of drug-likeness (QED) is 0.444. The molecule has 0 aromatic carbocycles. The van der Waals surface area contributed by atoms with Crippen LogP contribution in [0.3, 0.4) is 0 Å². The highest BCUT2D eigenvalue weighted by molar-refractivity contribution is 6.80. The second-order valence-corrected chi connectivity index (χ2v) is 16.5. The molecule has 144 valence electrons. The molecule has 1 heteroatoms. The highest BCUT2D eigenvalue weighted by Gasteiger charge is 2.60. The summed E-state index contributed by atoms with van der Waals surface area (Å²) in [6, 6.07) is 0. The minimum Gasteiger partial charge on any atom is -0.0689 e. The molecule has 8 atom stereocenters. The summed E-state index contributed by atoms with van der Waals surface area (Å²) in [5.41, 5.74) is 2.24. The van der Waals surface area contributed by atoms with Gasteiger partial charge < -0.3 is 0 Å². The van der Waals surface area contributed by atoms with Gasteiger partial charge in [-0.05, 0) is 71.3 Å². The van der Waals surface area contributed by atoms with E-state index in [-0.39, 0.29) is 0 Å². The van der Waals surface area contributed by atoms with Gasteiger partial charge in [0, 0.05) is 0 Å². The van der Waals surface area contributed by atoms with Crippen molar-refractivity contribution in [2.24, 2.45) is 47.3 Å². The SMILES string of the molecule is CC1C(C)C(C)C([Si](C)(C)C2C3CCCCC3C3CCCCC32)C1C. The van der Waals surface area contributed by atoms with E-state index in [1.165, 1.54) is 0 Å². The molecule has 0 spiro atoms. The lowest BCUT2D eigenvalue weighted by Crippen LogP contribution is -2.46. The van der Waals surface area contributed by atoms with Gasteiger partial charge >= 0.3 is 0 Å². The van der Waals surface area contributed by atoms with Crippen molar-refractivity contribution in [1.82, 2.24) is 0 Å². The molecule has 0 aliphatic heterocycles. The van der Waals surface area contributed by atoms with Crippen molar-refractivity contribution in [2.45, 2.75) is 103 Å². The highest BCUT2D eigenvalue weighted by atomic mass is 28.3. The molecule has 0 heterocycles. The molecule has 4 fully saturated rings. The van der Waals surface area contributed by atoms with Crippen LogP contribution in [-0.4, -0.2) is 8.07 Å². The third kappa shape index (κ3) is 2.73. The monoisotopic (exact) mass is 360 g/mol. The highest BCUT2D eigenvalue weighted by Crippen LogP contribution is 2.67. The Morgan fingerprint density at radius 2 is 0.840 bits per heavy atom. The van der Waals surface area contributed by atoms with E-state index in [0.717, 1.165) is 58.4 Å². The third-order valence-corrected chi connectivity index (χ3v) is 15.9. The first-order valence-electron chi connectivity index (χ1n) is 11.9. The van der Waals surface area contributed by atoms with Gasteiger partial charge in [-0.3, -0.25) is 0 Å². The summed E-state index contributed by atoms with van der Waals surface area (Å²) < 4.78 is 0. The predicted molar refractivity (Wildman–Crippen MR) is 113 cm³/mol. The van der Waals surface area contributed by atoms with Crippen LogP contribution in [0.25, 0.3) is 0 Å². The van der Waals surface area contributed by atoms with Crippen molar-refractivity contribution >= 4 is 8.07 Å². The van der Waals surface area contributed by atoms with Gasteiger partial charge in [0.15, 0.2) is 0 Å².